The van der Waals surface area contributed by atoms with Crippen molar-refractivity contribution in [3.63, 3.8) is 0 Å². The Morgan fingerprint density at radius 3 is 2.24 bits per heavy atom. The van der Waals surface area contributed by atoms with Crippen LogP contribution in [0.15, 0.2) is 30.3 Å². The average molecular weight is 232 g/mol. The Balaban J connectivity index is 2.19. The zero-order valence-electron chi connectivity index (χ0n) is 9.94. The molecule has 4 heteroatoms. The van der Waals surface area contributed by atoms with Crippen molar-refractivity contribution in [3.8, 4) is 0 Å². The molecule has 4 nitrogen and oxygen atoms in total. The van der Waals surface area contributed by atoms with Gasteiger partial charge in [-0.2, -0.15) is 0 Å². The minimum atomic E-state index is -0.571. The number of benzene rings is 1. The topological polar surface area (TPSA) is 58.2 Å². The van der Waals surface area contributed by atoms with E-state index in [0.29, 0.717) is 0 Å². The van der Waals surface area contributed by atoms with Gasteiger partial charge in [-0.15, -0.1) is 0 Å². The molecule has 1 saturated heterocycles. The molecule has 0 saturated carbocycles. The van der Waals surface area contributed by atoms with E-state index in [-0.39, 0.29) is 17.7 Å². The summed E-state index contributed by atoms with van der Waals surface area (Å²) in [6.45, 7) is 3.82. The van der Waals surface area contributed by atoms with Crippen LogP contribution in [0.3, 0.4) is 0 Å². The number of hydrogen-bond acceptors (Lipinski definition) is 2. The largest absolute Gasteiger partial charge is 0.342 e. The van der Waals surface area contributed by atoms with E-state index in [2.05, 4.69) is 10.6 Å². The van der Waals surface area contributed by atoms with Crippen molar-refractivity contribution >= 4 is 11.8 Å². The van der Waals surface area contributed by atoms with Crippen molar-refractivity contribution in [2.75, 3.05) is 0 Å². The number of piperazine rings is 1. The van der Waals surface area contributed by atoms with Crippen LogP contribution in [0.5, 0.6) is 0 Å². The zero-order valence-corrected chi connectivity index (χ0v) is 9.94. The minimum Gasteiger partial charge on any atom is -0.342 e. The van der Waals surface area contributed by atoms with Gasteiger partial charge in [0.1, 0.15) is 12.1 Å². The number of amides is 2. The van der Waals surface area contributed by atoms with Crippen LogP contribution in [0.4, 0.5) is 0 Å². The molecule has 2 amide bonds. The number of carbonyl (C=O) groups is 2. The van der Waals surface area contributed by atoms with Crippen molar-refractivity contribution in [2.24, 2.45) is 5.92 Å². The molecule has 0 bridgehead atoms. The Labute approximate surface area is 100 Å². The highest BCUT2D eigenvalue weighted by Gasteiger charge is 2.35. The van der Waals surface area contributed by atoms with Crippen LogP contribution in [0.25, 0.3) is 0 Å². The van der Waals surface area contributed by atoms with E-state index in [1.54, 1.807) is 0 Å². The Morgan fingerprint density at radius 2 is 1.65 bits per heavy atom. The highest BCUT2D eigenvalue weighted by atomic mass is 16.2. The smallest absolute Gasteiger partial charge is 0.247 e. The first-order chi connectivity index (χ1) is 8.09. The standard InChI is InChI=1S/C13H16N2O2/c1-8(2)10-12(16)15-11(13(17)14-10)9-6-4-3-5-7-9/h3-8,10-11H,1-2H3,(H,14,17)(H,15,16)/t10-,11+/m0/s1. The van der Waals surface area contributed by atoms with Crippen LogP contribution in [0.2, 0.25) is 0 Å². The second-order valence-corrected chi connectivity index (χ2v) is 4.58. The van der Waals surface area contributed by atoms with Gasteiger partial charge in [0.05, 0.1) is 0 Å². The summed E-state index contributed by atoms with van der Waals surface area (Å²) in [6.07, 6.45) is 0. The average Bonchev–Trinajstić information content (AvgIpc) is 2.32. The molecule has 2 N–H and O–H groups in total. The lowest BCUT2D eigenvalue weighted by Gasteiger charge is -2.31. The first kappa shape index (κ1) is 11.6. The molecular formula is C13H16N2O2. The van der Waals surface area contributed by atoms with Gasteiger partial charge in [-0.1, -0.05) is 44.2 Å². The minimum absolute atomic E-state index is 0.0932. The molecule has 0 spiro atoms. The van der Waals surface area contributed by atoms with Crippen molar-refractivity contribution in [3.05, 3.63) is 35.9 Å². The monoisotopic (exact) mass is 232 g/mol. The summed E-state index contributed by atoms with van der Waals surface area (Å²) in [5.74, 6) is -0.168. The van der Waals surface area contributed by atoms with Gasteiger partial charge in [0.15, 0.2) is 0 Å². The van der Waals surface area contributed by atoms with Crippen LogP contribution in [0.1, 0.15) is 25.5 Å². The Hall–Kier alpha value is -1.84. The van der Waals surface area contributed by atoms with E-state index < -0.39 is 12.1 Å². The summed E-state index contributed by atoms with van der Waals surface area (Å²) < 4.78 is 0. The fourth-order valence-corrected chi connectivity index (χ4v) is 1.95. The van der Waals surface area contributed by atoms with E-state index in [9.17, 15) is 9.59 Å². The van der Waals surface area contributed by atoms with E-state index >= 15 is 0 Å². The summed E-state index contributed by atoms with van der Waals surface area (Å²) in [6, 6.07) is 8.25. The second-order valence-electron chi connectivity index (χ2n) is 4.58. The van der Waals surface area contributed by atoms with Crippen LogP contribution < -0.4 is 10.6 Å². The number of hydrogen-bond donors (Lipinski definition) is 2. The van der Waals surface area contributed by atoms with Gasteiger partial charge in [0.2, 0.25) is 11.8 Å². The summed E-state index contributed by atoms with van der Waals surface area (Å²) >= 11 is 0. The predicted octanol–water partition coefficient (Wildman–Crippen LogP) is 0.998. The highest BCUT2D eigenvalue weighted by Crippen LogP contribution is 2.18. The van der Waals surface area contributed by atoms with Gasteiger partial charge in [0.25, 0.3) is 0 Å². The van der Waals surface area contributed by atoms with Gasteiger partial charge < -0.3 is 10.6 Å². The Bertz CT molecular complexity index is 428. The summed E-state index contributed by atoms with van der Waals surface area (Å²) in [7, 11) is 0. The fraction of sp³-hybridized carbons (Fsp3) is 0.385. The van der Waals surface area contributed by atoms with Gasteiger partial charge in [-0.25, -0.2) is 0 Å². The quantitative estimate of drug-likeness (QED) is 0.799. The lowest BCUT2D eigenvalue weighted by molar-refractivity contribution is -0.138. The molecule has 0 unspecified atom stereocenters. The van der Waals surface area contributed by atoms with Gasteiger partial charge in [-0.3, -0.25) is 9.59 Å². The third-order valence-corrected chi connectivity index (χ3v) is 2.93. The number of rotatable bonds is 2. The predicted molar refractivity (Wildman–Crippen MR) is 64.1 cm³/mol. The van der Waals surface area contributed by atoms with Crippen LogP contribution in [0, 0.1) is 5.92 Å². The lowest BCUT2D eigenvalue weighted by atomic mass is 9.97. The second kappa shape index (κ2) is 4.57. The van der Waals surface area contributed by atoms with Crippen molar-refractivity contribution < 1.29 is 9.59 Å². The molecule has 1 aliphatic rings. The summed E-state index contributed by atoms with van der Waals surface area (Å²) in [5.41, 5.74) is 0.806. The van der Waals surface area contributed by atoms with Gasteiger partial charge in [0, 0.05) is 0 Å². The van der Waals surface area contributed by atoms with E-state index in [1.807, 2.05) is 44.2 Å². The molecule has 0 aromatic heterocycles. The molecule has 1 aromatic carbocycles. The third kappa shape index (κ3) is 2.30. The maximum absolute atomic E-state index is 11.9. The first-order valence-corrected chi connectivity index (χ1v) is 5.75. The summed E-state index contributed by atoms with van der Waals surface area (Å²) in [5, 5.41) is 5.53. The van der Waals surface area contributed by atoms with E-state index in [1.165, 1.54) is 0 Å². The number of nitrogens with one attached hydrogen (secondary N) is 2. The lowest BCUT2D eigenvalue weighted by Crippen LogP contribution is -2.59. The van der Waals surface area contributed by atoms with Gasteiger partial charge in [-0.05, 0) is 11.5 Å². The molecule has 1 heterocycles. The molecule has 0 radical (unpaired) electrons. The molecule has 0 aliphatic carbocycles. The van der Waals surface area contributed by atoms with Crippen LogP contribution in [-0.4, -0.2) is 17.9 Å². The first-order valence-electron chi connectivity index (χ1n) is 5.75. The van der Waals surface area contributed by atoms with Crippen LogP contribution in [-0.2, 0) is 9.59 Å². The normalized spacial score (nSPS) is 24.4. The molecule has 2 atom stereocenters. The summed E-state index contributed by atoms with van der Waals surface area (Å²) in [4.78, 5) is 23.8. The molecule has 1 fully saturated rings. The molecule has 1 aliphatic heterocycles. The Kier molecular flexibility index (Phi) is 3.13. The van der Waals surface area contributed by atoms with E-state index in [4.69, 9.17) is 0 Å². The van der Waals surface area contributed by atoms with Crippen molar-refractivity contribution in [1.82, 2.24) is 10.6 Å². The Morgan fingerprint density at radius 1 is 1.00 bits per heavy atom. The van der Waals surface area contributed by atoms with Crippen LogP contribution >= 0.6 is 0 Å². The highest BCUT2D eigenvalue weighted by molar-refractivity contribution is 5.97. The van der Waals surface area contributed by atoms with Gasteiger partial charge >= 0.3 is 0 Å². The molecule has 90 valence electrons. The third-order valence-electron chi connectivity index (χ3n) is 2.93. The fourth-order valence-electron chi connectivity index (χ4n) is 1.95. The molecule has 1 aromatic rings. The molecule has 2 rings (SSSR count). The zero-order chi connectivity index (χ0) is 12.4. The maximum Gasteiger partial charge on any atom is 0.247 e. The van der Waals surface area contributed by atoms with Crippen molar-refractivity contribution in [2.45, 2.75) is 25.9 Å². The van der Waals surface area contributed by atoms with Crippen molar-refractivity contribution in [1.29, 1.82) is 0 Å². The van der Waals surface area contributed by atoms with E-state index in [0.717, 1.165) is 5.56 Å². The number of carbonyl (C=O) groups excluding carboxylic acids is 2. The maximum atomic E-state index is 11.9. The molecular weight excluding hydrogens is 216 g/mol. The molecule has 17 heavy (non-hydrogen) atoms. The SMILES string of the molecule is CC(C)[C@@H]1NC(=O)[C@@H](c2ccccc2)NC1=O.